The van der Waals surface area contributed by atoms with Crippen LogP contribution >= 0.6 is 0 Å². The van der Waals surface area contributed by atoms with E-state index in [1.54, 1.807) is 24.3 Å². The van der Waals surface area contributed by atoms with Crippen molar-refractivity contribution in [2.75, 3.05) is 0 Å². The summed E-state index contributed by atoms with van der Waals surface area (Å²) in [7, 11) is 0. The van der Waals surface area contributed by atoms with Gasteiger partial charge in [0.05, 0.1) is 11.4 Å². The van der Waals surface area contributed by atoms with Crippen LogP contribution in [0.2, 0.25) is 0 Å². The van der Waals surface area contributed by atoms with E-state index >= 15 is 0 Å². The molecule has 0 unspecified atom stereocenters. The molecule has 0 fully saturated rings. The van der Waals surface area contributed by atoms with Crippen LogP contribution in [-0.4, -0.2) is 15.9 Å². The van der Waals surface area contributed by atoms with Gasteiger partial charge in [0.2, 0.25) is 0 Å². The standard InChI is InChI=1S/C14H11NO2/c16-13-4-2-1-3-9(13)11-6-5-10-12(15-11)7-8-14(10)17/h1-6,16H,7-8H2. The molecule has 17 heavy (non-hydrogen) atoms. The van der Waals surface area contributed by atoms with Crippen LogP contribution in [0.25, 0.3) is 11.3 Å². The van der Waals surface area contributed by atoms with Gasteiger partial charge in [0.25, 0.3) is 0 Å². The minimum atomic E-state index is 0.163. The molecule has 1 aliphatic rings. The molecule has 0 saturated heterocycles. The number of benzene rings is 1. The molecular weight excluding hydrogens is 214 g/mol. The molecule has 0 bridgehead atoms. The summed E-state index contributed by atoms with van der Waals surface area (Å²) < 4.78 is 0. The number of aryl methyl sites for hydroxylation is 1. The van der Waals surface area contributed by atoms with Crippen LogP contribution in [-0.2, 0) is 6.42 Å². The molecule has 0 saturated carbocycles. The van der Waals surface area contributed by atoms with Gasteiger partial charge in [-0.15, -0.1) is 0 Å². The van der Waals surface area contributed by atoms with Gasteiger partial charge >= 0.3 is 0 Å². The summed E-state index contributed by atoms with van der Waals surface area (Å²) in [4.78, 5) is 15.9. The smallest absolute Gasteiger partial charge is 0.165 e. The maximum Gasteiger partial charge on any atom is 0.165 e. The molecule has 0 amide bonds. The number of pyridine rings is 1. The van der Waals surface area contributed by atoms with Gasteiger partial charge in [-0.2, -0.15) is 0 Å². The fourth-order valence-electron chi connectivity index (χ4n) is 2.15. The lowest BCUT2D eigenvalue weighted by molar-refractivity contribution is 0.0994. The number of aromatic hydroxyl groups is 1. The SMILES string of the molecule is O=C1CCc2nc(-c3ccccc3O)ccc21. The van der Waals surface area contributed by atoms with Crippen LogP contribution in [0.1, 0.15) is 22.5 Å². The van der Waals surface area contributed by atoms with Crippen molar-refractivity contribution in [2.24, 2.45) is 0 Å². The number of para-hydroxylation sites is 1. The fraction of sp³-hybridized carbons (Fsp3) is 0.143. The Kier molecular flexibility index (Phi) is 2.18. The van der Waals surface area contributed by atoms with Crippen LogP contribution in [0.4, 0.5) is 0 Å². The monoisotopic (exact) mass is 225 g/mol. The quantitative estimate of drug-likeness (QED) is 0.811. The van der Waals surface area contributed by atoms with Gasteiger partial charge in [0.15, 0.2) is 5.78 Å². The van der Waals surface area contributed by atoms with Gasteiger partial charge in [0, 0.05) is 17.5 Å². The van der Waals surface area contributed by atoms with E-state index in [1.165, 1.54) is 0 Å². The van der Waals surface area contributed by atoms with E-state index in [4.69, 9.17) is 0 Å². The van der Waals surface area contributed by atoms with Gasteiger partial charge in [-0.1, -0.05) is 12.1 Å². The van der Waals surface area contributed by atoms with Gasteiger partial charge in [-0.05, 0) is 30.7 Å². The predicted octanol–water partition coefficient (Wildman–Crippen LogP) is 2.58. The molecule has 0 atom stereocenters. The predicted molar refractivity (Wildman–Crippen MR) is 64.0 cm³/mol. The number of rotatable bonds is 1. The zero-order valence-corrected chi connectivity index (χ0v) is 9.18. The van der Waals surface area contributed by atoms with Crippen molar-refractivity contribution < 1.29 is 9.90 Å². The second-order valence-corrected chi connectivity index (χ2v) is 4.13. The highest BCUT2D eigenvalue weighted by molar-refractivity contribution is 6.00. The third-order valence-corrected chi connectivity index (χ3v) is 3.04. The van der Waals surface area contributed by atoms with E-state index in [1.807, 2.05) is 12.1 Å². The number of hydrogen-bond donors (Lipinski definition) is 1. The summed E-state index contributed by atoms with van der Waals surface area (Å²) in [5.41, 5.74) is 2.99. The molecule has 0 spiro atoms. The Morgan fingerprint density at radius 1 is 1.00 bits per heavy atom. The molecule has 3 heteroatoms. The summed E-state index contributed by atoms with van der Waals surface area (Å²) in [5, 5.41) is 9.76. The average Bonchev–Trinajstić information content (AvgIpc) is 2.71. The fourth-order valence-corrected chi connectivity index (χ4v) is 2.15. The van der Waals surface area contributed by atoms with Crippen LogP contribution in [0.3, 0.4) is 0 Å². The molecule has 1 N–H and O–H groups in total. The number of Topliss-reactive ketones (excluding diaryl/α,β-unsaturated/α-hetero) is 1. The summed E-state index contributed by atoms with van der Waals surface area (Å²) in [5.74, 6) is 0.376. The Labute approximate surface area is 98.8 Å². The summed E-state index contributed by atoms with van der Waals surface area (Å²) in [6, 6.07) is 10.7. The summed E-state index contributed by atoms with van der Waals surface area (Å²) >= 11 is 0. The molecule has 3 nitrogen and oxygen atoms in total. The number of carbonyl (C=O) groups is 1. The Morgan fingerprint density at radius 2 is 1.82 bits per heavy atom. The van der Waals surface area contributed by atoms with Gasteiger partial charge in [-0.3, -0.25) is 9.78 Å². The number of hydrogen-bond acceptors (Lipinski definition) is 3. The molecule has 84 valence electrons. The molecule has 0 aliphatic heterocycles. The molecule has 1 aromatic carbocycles. The maximum atomic E-state index is 11.5. The second kappa shape index (κ2) is 3.70. The largest absolute Gasteiger partial charge is 0.507 e. The minimum absolute atomic E-state index is 0.163. The Balaban J connectivity index is 2.12. The van der Waals surface area contributed by atoms with Gasteiger partial charge < -0.3 is 5.11 Å². The van der Waals surface area contributed by atoms with Crippen molar-refractivity contribution in [1.29, 1.82) is 0 Å². The van der Waals surface area contributed by atoms with Crippen molar-refractivity contribution in [3.63, 3.8) is 0 Å². The maximum absolute atomic E-state index is 11.5. The zero-order valence-electron chi connectivity index (χ0n) is 9.18. The molecule has 1 heterocycles. The first kappa shape index (κ1) is 10.0. The topological polar surface area (TPSA) is 50.2 Å². The summed E-state index contributed by atoms with van der Waals surface area (Å²) in [6.07, 6.45) is 1.25. The molecule has 2 aromatic rings. The van der Waals surface area contributed by atoms with E-state index < -0.39 is 0 Å². The number of phenols is 1. The van der Waals surface area contributed by atoms with E-state index in [0.29, 0.717) is 18.4 Å². The first-order valence-electron chi connectivity index (χ1n) is 5.57. The Morgan fingerprint density at radius 3 is 2.65 bits per heavy atom. The van der Waals surface area contributed by atoms with Crippen molar-refractivity contribution in [2.45, 2.75) is 12.8 Å². The number of aromatic nitrogens is 1. The third kappa shape index (κ3) is 1.60. The first-order valence-corrected chi connectivity index (χ1v) is 5.57. The number of fused-ring (bicyclic) bond motifs is 1. The highest BCUT2D eigenvalue weighted by atomic mass is 16.3. The lowest BCUT2D eigenvalue weighted by Gasteiger charge is -2.05. The molecule has 1 aromatic heterocycles. The molecule has 0 radical (unpaired) electrons. The van der Waals surface area contributed by atoms with Crippen LogP contribution in [0.5, 0.6) is 5.75 Å². The minimum Gasteiger partial charge on any atom is -0.507 e. The first-order chi connectivity index (χ1) is 8.25. The van der Waals surface area contributed by atoms with E-state index in [-0.39, 0.29) is 11.5 Å². The Bertz CT molecular complexity index is 605. The number of nitrogens with zero attached hydrogens (tertiary/aromatic N) is 1. The van der Waals surface area contributed by atoms with Crippen molar-refractivity contribution >= 4 is 5.78 Å². The van der Waals surface area contributed by atoms with Crippen LogP contribution in [0.15, 0.2) is 36.4 Å². The van der Waals surface area contributed by atoms with E-state index in [9.17, 15) is 9.90 Å². The van der Waals surface area contributed by atoms with Crippen molar-refractivity contribution in [3.8, 4) is 17.0 Å². The number of phenolic OH excluding ortho intramolecular Hbond substituents is 1. The van der Waals surface area contributed by atoms with Crippen molar-refractivity contribution in [1.82, 2.24) is 4.98 Å². The van der Waals surface area contributed by atoms with Crippen LogP contribution < -0.4 is 0 Å². The second-order valence-electron chi connectivity index (χ2n) is 4.13. The summed E-state index contributed by atoms with van der Waals surface area (Å²) in [6.45, 7) is 0. The highest BCUT2D eigenvalue weighted by Gasteiger charge is 2.21. The molecular formula is C14H11NO2. The van der Waals surface area contributed by atoms with E-state index in [2.05, 4.69) is 4.98 Å². The zero-order chi connectivity index (χ0) is 11.8. The van der Waals surface area contributed by atoms with Crippen molar-refractivity contribution in [3.05, 3.63) is 47.7 Å². The number of carbonyl (C=O) groups excluding carboxylic acids is 1. The highest BCUT2D eigenvalue weighted by Crippen LogP contribution is 2.29. The van der Waals surface area contributed by atoms with Crippen LogP contribution in [0, 0.1) is 0 Å². The van der Waals surface area contributed by atoms with E-state index in [0.717, 1.165) is 17.0 Å². The van der Waals surface area contributed by atoms with Gasteiger partial charge in [-0.25, -0.2) is 0 Å². The third-order valence-electron chi connectivity index (χ3n) is 3.04. The van der Waals surface area contributed by atoms with Gasteiger partial charge in [0.1, 0.15) is 5.75 Å². The lowest BCUT2D eigenvalue weighted by Crippen LogP contribution is -1.94. The molecule has 1 aliphatic carbocycles. The lowest BCUT2D eigenvalue weighted by atomic mass is 10.1. The Hall–Kier alpha value is -2.16. The number of ketones is 1. The average molecular weight is 225 g/mol. The molecule has 3 rings (SSSR count). The normalized spacial score (nSPS) is 13.8.